The van der Waals surface area contributed by atoms with Gasteiger partial charge in [-0.2, -0.15) is 9.61 Å². The molecule has 14 heavy (non-hydrogen) atoms. The van der Waals surface area contributed by atoms with Crippen molar-refractivity contribution in [3.63, 3.8) is 0 Å². The highest BCUT2D eigenvalue weighted by Crippen LogP contribution is 2.03. The number of carbonyl (C=O) groups excluding carboxylic acids is 1. The van der Waals surface area contributed by atoms with Crippen molar-refractivity contribution in [3.05, 3.63) is 27.6 Å². The summed E-state index contributed by atoms with van der Waals surface area (Å²) in [5.74, 6) is -0.377. The molecular formula is C7H6N4O2S. The zero-order valence-corrected chi connectivity index (χ0v) is 8.04. The van der Waals surface area contributed by atoms with Gasteiger partial charge in [-0.05, 0) is 0 Å². The third kappa shape index (κ3) is 1.27. The van der Waals surface area contributed by atoms with Crippen molar-refractivity contribution in [1.82, 2.24) is 19.9 Å². The van der Waals surface area contributed by atoms with Crippen molar-refractivity contribution in [2.75, 3.05) is 7.05 Å². The van der Waals surface area contributed by atoms with Crippen molar-refractivity contribution in [1.29, 1.82) is 0 Å². The molecule has 0 radical (unpaired) electrons. The Labute approximate surface area is 82.2 Å². The lowest BCUT2D eigenvalue weighted by Crippen LogP contribution is -2.23. The Bertz CT molecular complexity index is 544. The molecule has 1 amide bonds. The number of aromatic nitrogens is 3. The molecule has 0 aliphatic heterocycles. The van der Waals surface area contributed by atoms with Gasteiger partial charge in [0.1, 0.15) is 11.2 Å². The summed E-state index contributed by atoms with van der Waals surface area (Å²) in [4.78, 5) is 26.9. The third-order valence-corrected chi connectivity index (χ3v) is 2.32. The molecule has 0 saturated heterocycles. The van der Waals surface area contributed by atoms with E-state index in [1.165, 1.54) is 23.9 Å². The lowest BCUT2D eigenvalue weighted by Gasteiger charge is -1.97. The highest BCUT2D eigenvalue weighted by atomic mass is 32.1. The molecule has 1 N–H and O–H groups in total. The first-order valence-corrected chi connectivity index (χ1v) is 4.66. The molecule has 2 aromatic heterocycles. The summed E-state index contributed by atoms with van der Waals surface area (Å²) in [6.45, 7) is 0. The molecule has 0 fully saturated rings. The monoisotopic (exact) mass is 210 g/mol. The van der Waals surface area contributed by atoms with E-state index in [-0.39, 0.29) is 17.2 Å². The van der Waals surface area contributed by atoms with E-state index < -0.39 is 0 Å². The summed E-state index contributed by atoms with van der Waals surface area (Å²) < 4.78 is 1.15. The van der Waals surface area contributed by atoms with Crippen molar-refractivity contribution >= 4 is 22.2 Å². The normalized spacial score (nSPS) is 10.4. The smallest absolute Gasteiger partial charge is 0.275 e. The second-order valence-electron chi connectivity index (χ2n) is 2.49. The Kier molecular flexibility index (Phi) is 2.01. The Balaban J connectivity index is 2.70. The van der Waals surface area contributed by atoms with Gasteiger partial charge in [0.25, 0.3) is 11.5 Å². The fourth-order valence-corrected chi connectivity index (χ4v) is 1.62. The Morgan fingerprint density at radius 3 is 3.14 bits per heavy atom. The summed E-state index contributed by atoms with van der Waals surface area (Å²) in [6.07, 6.45) is 0. The van der Waals surface area contributed by atoms with E-state index in [0.717, 1.165) is 10.6 Å². The second-order valence-corrected chi connectivity index (χ2v) is 3.30. The molecule has 2 heterocycles. The average Bonchev–Trinajstić information content (AvgIpc) is 2.64. The molecule has 2 aromatic rings. The van der Waals surface area contributed by atoms with E-state index in [1.54, 1.807) is 0 Å². The molecule has 0 aliphatic rings. The molecular weight excluding hydrogens is 204 g/mol. The van der Waals surface area contributed by atoms with Gasteiger partial charge in [0.05, 0.1) is 0 Å². The van der Waals surface area contributed by atoms with Crippen LogP contribution in [0.3, 0.4) is 0 Å². The van der Waals surface area contributed by atoms with Gasteiger partial charge < -0.3 is 5.32 Å². The van der Waals surface area contributed by atoms with E-state index in [9.17, 15) is 9.59 Å². The van der Waals surface area contributed by atoms with Crippen molar-refractivity contribution in [3.8, 4) is 0 Å². The number of nitrogens with one attached hydrogen (secondary N) is 1. The standard InChI is InChI=1S/C7H6N4O2S/c1-8-6(13)4-2-5(12)11-7(10-4)14-3-9-11/h2-3H,1H3,(H,8,13). The number of rotatable bonds is 1. The van der Waals surface area contributed by atoms with Crippen LogP contribution >= 0.6 is 11.3 Å². The highest BCUT2D eigenvalue weighted by Gasteiger charge is 2.09. The van der Waals surface area contributed by atoms with Gasteiger partial charge in [-0.25, -0.2) is 4.98 Å². The maximum Gasteiger partial charge on any atom is 0.275 e. The summed E-state index contributed by atoms with van der Waals surface area (Å²) in [5.41, 5.74) is 1.26. The number of nitrogens with zero attached hydrogens (tertiary/aromatic N) is 3. The lowest BCUT2D eigenvalue weighted by molar-refractivity contribution is 0.0958. The number of amides is 1. The first-order chi connectivity index (χ1) is 6.72. The Morgan fingerprint density at radius 2 is 2.43 bits per heavy atom. The lowest BCUT2D eigenvalue weighted by atomic mass is 10.4. The average molecular weight is 210 g/mol. The topological polar surface area (TPSA) is 76.4 Å². The van der Waals surface area contributed by atoms with Gasteiger partial charge in [-0.1, -0.05) is 11.3 Å². The molecule has 72 valence electrons. The maximum absolute atomic E-state index is 11.4. The van der Waals surface area contributed by atoms with Crippen LogP contribution in [0.4, 0.5) is 0 Å². The minimum Gasteiger partial charge on any atom is -0.354 e. The van der Waals surface area contributed by atoms with Gasteiger partial charge >= 0.3 is 0 Å². The fourth-order valence-electron chi connectivity index (χ4n) is 1.000. The molecule has 0 atom stereocenters. The van der Waals surface area contributed by atoms with Gasteiger partial charge in [0, 0.05) is 13.1 Å². The predicted molar refractivity (Wildman–Crippen MR) is 50.5 cm³/mol. The van der Waals surface area contributed by atoms with Crippen molar-refractivity contribution in [2.24, 2.45) is 0 Å². The van der Waals surface area contributed by atoms with E-state index in [1.807, 2.05) is 0 Å². The predicted octanol–water partition coefficient (Wildman–Crippen LogP) is -0.489. The third-order valence-electron chi connectivity index (χ3n) is 1.65. The number of carbonyl (C=O) groups is 1. The van der Waals surface area contributed by atoms with Crippen LogP contribution in [0.1, 0.15) is 10.5 Å². The largest absolute Gasteiger partial charge is 0.354 e. The van der Waals surface area contributed by atoms with Crippen LogP contribution in [0, 0.1) is 0 Å². The van der Waals surface area contributed by atoms with E-state index in [2.05, 4.69) is 15.4 Å². The van der Waals surface area contributed by atoms with Crippen LogP contribution in [-0.4, -0.2) is 27.6 Å². The molecule has 2 rings (SSSR count). The number of hydrogen-bond acceptors (Lipinski definition) is 5. The molecule has 6 nitrogen and oxygen atoms in total. The molecule has 0 aliphatic carbocycles. The fraction of sp³-hybridized carbons (Fsp3) is 0.143. The highest BCUT2D eigenvalue weighted by molar-refractivity contribution is 7.14. The van der Waals surface area contributed by atoms with Crippen LogP contribution in [0.25, 0.3) is 4.96 Å². The van der Waals surface area contributed by atoms with Crippen LogP contribution in [0.15, 0.2) is 16.4 Å². The minimum atomic E-state index is -0.377. The van der Waals surface area contributed by atoms with E-state index >= 15 is 0 Å². The van der Waals surface area contributed by atoms with Gasteiger partial charge in [0.2, 0.25) is 4.96 Å². The Morgan fingerprint density at radius 1 is 1.64 bits per heavy atom. The van der Waals surface area contributed by atoms with Crippen LogP contribution < -0.4 is 10.9 Å². The van der Waals surface area contributed by atoms with E-state index in [0.29, 0.717) is 4.96 Å². The van der Waals surface area contributed by atoms with E-state index in [4.69, 9.17) is 0 Å². The summed E-state index contributed by atoms with van der Waals surface area (Å²) in [7, 11) is 1.48. The molecule has 0 bridgehead atoms. The molecule has 0 aromatic carbocycles. The zero-order valence-electron chi connectivity index (χ0n) is 7.22. The minimum absolute atomic E-state index is 0.113. The number of hydrogen-bond donors (Lipinski definition) is 1. The zero-order chi connectivity index (χ0) is 10.1. The number of fused-ring (bicyclic) bond motifs is 1. The summed E-state index contributed by atoms with van der Waals surface area (Å²) >= 11 is 1.20. The van der Waals surface area contributed by atoms with Crippen molar-refractivity contribution < 1.29 is 4.79 Å². The quantitative estimate of drug-likeness (QED) is 0.689. The second kappa shape index (κ2) is 3.18. The SMILES string of the molecule is CNC(=O)c1cc(=O)n2ncsc2n1. The Hall–Kier alpha value is -1.76. The first kappa shape index (κ1) is 8.82. The molecule has 0 saturated carbocycles. The van der Waals surface area contributed by atoms with Gasteiger partial charge in [0.15, 0.2) is 0 Å². The molecule has 0 spiro atoms. The van der Waals surface area contributed by atoms with Crippen LogP contribution in [0.5, 0.6) is 0 Å². The van der Waals surface area contributed by atoms with Crippen molar-refractivity contribution in [2.45, 2.75) is 0 Å². The van der Waals surface area contributed by atoms with Gasteiger partial charge in [-0.3, -0.25) is 9.59 Å². The first-order valence-electron chi connectivity index (χ1n) is 3.78. The molecule has 0 unspecified atom stereocenters. The van der Waals surface area contributed by atoms with Gasteiger partial charge in [-0.15, -0.1) is 0 Å². The van der Waals surface area contributed by atoms with Crippen LogP contribution in [-0.2, 0) is 0 Å². The maximum atomic E-state index is 11.4. The molecule has 7 heteroatoms. The summed E-state index contributed by atoms with van der Waals surface area (Å²) in [6, 6.07) is 1.16. The van der Waals surface area contributed by atoms with Crippen LogP contribution in [0.2, 0.25) is 0 Å². The summed E-state index contributed by atoms with van der Waals surface area (Å²) in [5, 5.41) is 6.17.